The van der Waals surface area contributed by atoms with E-state index in [4.69, 9.17) is 16.3 Å². The lowest BCUT2D eigenvalue weighted by Crippen LogP contribution is -2.35. The van der Waals surface area contributed by atoms with E-state index in [-0.39, 0.29) is 26.9 Å². The maximum absolute atomic E-state index is 12.9. The normalized spacial score (nSPS) is 14.5. The molecule has 1 fully saturated rings. The van der Waals surface area contributed by atoms with Crippen LogP contribution in [-0.2, 0) is 19.6 Å². The first-order valence-electron chi connectivity index (χ1n) is 10.1. The Morgan fingerprint density at radius 2 is 1.85 bits per heavy atom. The number of carbonyl (C=O) groups excluding carboxylic acids is 2. The van der Waals surface area contributed by atoms with Crippen LogP contribution in [0.15, 0.2) is 41.3 Å². The van der Waals surface area contributed by atoms with Crippen LogP contribution in [0, 0.1) is 17.0 Å². The zero-order chi connectivity index (χ0) is 24.2. The number of halogens is 1. The highest BCUT2D eigenvalue weighted by Crippen LogP contribution is 2.27. The SMILES string of the molecule is Cc1ccc(NC(=O)COC(=O)c2cc(S(=O)(=O)N3CCCCC3)ccc2Cl)c([N+](=O)[O-])c1. The Bertz CT molecular complexity index is 1190. The van der Waals surface area contributed by atoms with Crippen molar-refractivity contribution in [1.29, 1.82) is 0 Å². The van der Waals surface area contributed by atoms with E-state index in [1.54, 1.807) is 13.0 Å². The number of sulfonamides is 1. The summed E-state index contributed by atoms with van der Waals surface area (Å²) in [6.45, 7) is 1.72. The molecule has 33 heavy (non-hydrogen) atoms. The van der Waals surface area contributed by atoms with Crippen molar-refractivity contribution in [1.82, 2.24) is 4.31 Å². The molecule has 2 aromatic rings. The molecule has 1 aliphatic rings. The number of nitro benzene ring substituents is 1. The van der Waals surface area contributed by atoms with Gasteiger partial charge in [-0.3, -0.25) is 14.9 Å². The molecule has 12 heteroatoms. The van der Waals surface area contributed by atoms with E-state index in [0.717, 1.165) is 25.3 Å². The van der Waals surface area contributed by atoms with E-state index in [2.05, 4.69) is 5.32 Å². The number of piperidine rings is 1. The van der Waals surface area contributed by atoms with Crippen LogP contribution in [0.25, 0.3) is 0 Å². The van der Waals surface area contributed by atoms with Crippen LogP contribution in [0.2, 0.25) is 5.02 Å². The molecule has 3 rings (SSSR count). The predicted octanol–water partition coefficient (Wildman–Crippen LogP) is 3.53. The van der Waals surface area contributed by atoms with Crippen LogP contribution >= 0.6 is 11.6 Å². The lowest BCUT2D eigenvalue weighted by Gasteiger charge is -2.26. The number of nitrogens with one attached hydrogen (secondary N) is 1. The molecule has 0 saturated carbocycles. The fourth-order valence-electron chi connectivity index (χ4n) is 3.37. The highest BCUT2D eigenvalue weighted by molar-refractivity contribution is 7.89. The van der Waals surface area contributed by atoms with Gasteiger partial charge in [0.2, 0.25) is 10.0 Å². The summed E-state index contributed by atoms with van der Waals surface area (Å²) in [4.78, 5) is 35.1. The average Bonchev–Trinajstić information content (AvgIpc) is 2.79. The summed E-state index contributed by atoms with van der Waals surface area (Å²) in [6.07, 6.45) is 2.48. The molecule has 0 bridgehead atoms. The van der Waals surface area contributed by atoms with Gasteiger partial charge < -0.3 is 10.1 Å². The van der Waals surface area contributed by atoms with E-state index in [1.165, 1.54) is 28.6 Å². The van der Waals surface area contributed by atoms with Crippen molar-refractivity contribution in [3.63, 3.8) is 0 Å². The van der Waals surface area contributed by atoms with Crippen molar-refractivity contribution in [2.75, 3.05) is 25.0 Å². The number of nitrogens with zero attached hydrogens (tertiary/aromatic N) is 2. The smallest absolute Gasteiger partial charge is 0.340 e. The monoisotopic (exact) mass is 495 g/mol. The zero-order valence-corrected chi connectivity index (χ0v) is 19.3. The molecule has 0 unspecified atom stereocenters. The first kappa shape index (κ1) is 24.6. The quantitative estimate of drug-likeness (QED) is 0.352. The van der Waals surface area contributed by atoms with Gasteiger partial charge in [0.1, 0.15) is 5.69 Å². The molecule has 1 heterocycles. The lowest BCUT2D eigenvalue weighted by atomic mass is 10.2. The Kier molecular flexibility index (Phi) is 7.67. The summed E-state index contributed by atoms with van der Waals surface area (Å²) in [5, 5.41) is 13.5. The number of amides is 1. The van der Waals surface area contributed by atoms with Crippen molar-refractivity contribution < 1.29 is 27.7 Å². The fourth-order valence-corrected chi connectivity index (χ4v) is 5.11. The van der Waals surface area contributed by atoms with E-state index < -0.39 is 33.4 Å². The van der Waals surface area contributed by atoms with Gasteiger partial charge in [-0.1, -0.05) is 24.1 Å². The third-order valence-electron chi connectivity index (χ3n) is 5.07. The number of anilines is 1. The van der Waals surface area contributed by atoms with Crippen molar-refractivity contribution in [3.05, 3.63) is 62.7 Å². The van der Waals surface area contributed by atoms with Gasteiger partial charge in [0.05, 0.1) is 20.4 Å². The Morgan fingerprint density at radius 3 is 2.52 bits per heavy atom. The summed E-state index contributed by atoms with van der Waals surface area (Å²) < 4.78 is 32.1. The maximum atomic E-state index is 12.9. The summed E-state index contributed by atoms with van der Waals surface area (Å²) in [5.41, 5.74) is 0.0941. The average molecular weight is 496 g/mol. The highest BCUT2D eigenvalue weighted by atomic mass is 35.5. The van der Waals surface area contributed by atoms with Gasteiger partial charge in [0.15, 0.2) is 6.61 Å². The summed E-state index contributed by atoms with van der Waals surface area (Å²) in [5.74, 6) is -1.80. The summed E-state index contributed by atoms with van der Waals surface area (Å²) >= 11 is 6.06. The fraction of sp³-hybridized carbons (Fsp3) is 0.333. The number of ether oxygens (including phenoxy) is 1. The first-order chi connectivity index (χ1) is 15.6. The number of nitro groups is 1. The van der Waals surface area contributed by atoms with E-state index in [0.29, 0.717) is 18.7 Å². The first-order valence-corrected chi connectivity index (χ1v) is 11.9. The molecule has 1 N–H and O–H groups in total. The lowest BCUT2D eigenvalue weighted by molar-refractivity contribution is -0.384. The Labute approximate surface area is 195 Å². The minimum atomic E-state index is -3.80. The van der Waals surface area contributed by atoms with Gasteiger partial charge in [-0.15, -0.1) is 0 Å². The molecule has 1 saturated heterocycles. The second-order valence-corrected chi connectivity index (χ2v) is 9.85. The largest absolute Gasteiger partial charge is 0.452 e. The van der Waals surface area contributed by atoms with Gasteiger partial charge in [-0.25, -0.2) is 13.2 Å². The van der Waals surface area contributed by atoms with Crippen LogP contribution in [0.3, 0.4) is 0 Å². The molecule has 0 radical (unpaired) electrons. The number of benzene rings is 2. The third kappa shape index (κ3) is 5.86. The van der Waals surface area contributed by atoms with Crippen molar-refractivity contribution in [2.24, 2.45) is 0 Å². The number of carbonyl (C=O) groups is 2. The molecule has 0 atom stereocenters. The molecular weight excluding hydrogens is 474 g/mol. The van der Waals surface area contributed by atoms with Crippen LogP contribution in [-0.4, -0.2) is 49.2 Å². The number of rotatable bonds is 7. The Balaban J connectivity index is 1.70. The highest BCUT2D eigenvalue weighted by Gasteiger charge is 2.28. The Morgan fingerprint density at radius 1 is 1.15 bits per heavy atom. The molecule has 0 spiro atoms. The van der Waals surface area contributed by atoms with Gasteiger partial charge in [0, 0.05) is 19.2 Å². The summed E-state index contributed by atoms with van der Waals surface area (Å²) in [6, 6.07) is 7.98. The van der Waals surface area contributed by atoms with E-state index in [9.17, 15) is 28.1 Å². The number of esters is 1. The number of aryl methyl sites for hydroxylation is 1. The number of hydrogen-bond donors (Lipinski definition) is 1. The van der Waals surface area contributed by atoms with E-state index >= 15 is 0 Å². The van der Waals surface area contributed by atoms with Gasteiger partial charge in [-0.2, -0.15) is 4.31 Å². The van der Waals surface area contributed by atoms with Gasteiger partial charge in [0.25, 0.3) is 11.6 Å². The number of hydrogen-bond acceptors (Lipinski definition) is 7. The summed E-state index contributed by atoms with van der Waals surface area (Å²) in [7, 11) is -3.80. The third-order valence-corrected chi connectivity index (χ3v) is 7.29. The molecule has 2 aromatic carbocycles. The molecular formula is C21H22ClN3O7S. The minimum absolute atomic E-state index is 0.0350. The topological polar surface area (TPSA) is 136 Å². The minimum Gasteiger partial charge on any atom is -0.452 e. The van der Waals surface area contributed by atoms with Crippen molar-refractivity contribution in [3.8, 4) is 0 Å². The predicted molar refractivity (Wildman–Crippen MR) is 121 cm³/mol. The van der Waals surface area contributed by atoms with Crippen LogP contribution in [0.4, 0.5) is 11.4 Å². The molecule has 1 aliphatic heterocycles. The van der Waals surface area contributed by atoms with Gasteiger partial charge in [-0.05, 0) is 49.6 Å². The van der Waals surface area contributed by atoms with Gasteiger partial charge >= 0.3 is 5.97 Å². The molecule has 10 nitrogen and oxygen atoms in total. The standard InChI is InChI=1S/C21H22ClN3O7S/c1-14-5-8-18(19(11-14)25(28)29)23-20(26)13-32-21(27)16-12-15(6-7-17(16)22)33(30,31)24-9-3-2-4-10-24/h5-8,11-12H,2-4,9-10,13H2,1H3,(H,23,26). The Hall–Kier alpha value is -3.02. The molecule has 1 amide bonds. The molecule has 0 aliphatic carbocycles. The maximum Gasteiger partial charge on any atom is 0.340 e. The second-order valence-electron chi connectivity index (χ2n) is 7.51. The van der Waals surface area contributed by atoms with E-state index in [1.807, 2.05) is 0 Å². The second kappa shape index (κ2) is 10.3. The molecule has 176 valence electrons. The molecule has 0 aromatic heterocycles. The van der Waals surface area contributed by atoms with Crippen molar-refractivity contribution >= 4 is 44.9 Å². The van der Waals surface area contributed by atoms with Crippen LogP contribution in [0.1, 0.15) is 35.2 Å². The zero-order valence-electron chi connectivity index (χ0n) is 17.7. The van der Waals surface area contributed by atoms with Crippen LogP contribution < -0.4 is 5.32 Å². The van der Waals surface area contributed by atoms with Crippen molar-refractivity contribution in [2.45, 2.75) is 31.1 Å². The van der Waals surface area contributed by atoms with Crippen LogP contribution in [0.5, 0.6) is 0 Å².